The number of alkyl halides is 1. The number of carbonyl (C=O) groups excluding carboxylic acids is 3. The van der Waals surface area contributed by atoms with Crippen molar-refractivity contribution < 1.29 is 148 Å². The second-order valence-electron chi connectivity index (χ2n) is 15.0. The Morgan fingerprint density at radius 2 is 1.12 bits per heavy atom. The van der Waals surface area contributed by atoms with Gasteiger partial charge in [-0.25, -0.2) is 0 Å². The number of aromatic hydroxyl groups is 1. The number of hydrogen-bond acceptors (Lipinski definition) is 14. The summed E-state index contributed by atoms with van der Waals surface area (Å²) < 4.78 is 16.2. The van der Waals surface area contributed by atoms with E-state index in [4.69, 9.17) is 29.5 Å². The third kappa shape index (κ3) is 29.1. The van der Waals surface area contributed by atoms with Crippen LogP contribution in [0.5, 0.6) is 11.5 Å². The summed E-state index contributed by atoms with van der Waals surface area (Å²) in [5.41, 5.74) is 4.13. The number of benzene rings is 2. The van der Waals surface area contributed by atoms with Gasteiger partial charge in [-0.2, -0.15) is 5.26 Å². The van der Waals surface area contributed by atoms with Gasteiger partial charge in [-0.1, -0.05) is 69.3 Å². The minimum atomic E-state index is -0.181. The van der Waals surface area contributed by atoms with E-state index >= 15 is 0 Å². The first-order valence-corrected chi connectivity index (χ1v) is 25.3. The number of carbonyl (C=O) groups is 3. The SMILES string of the molecule is BrCC1CO1.CC#N.CCCCN(CCCC)c1ccc(/C=C/c2ccc(C=O)s2)c(O)c1.CCCCN(CCCC)c1ccc(/C=C/c2ccc(C=O)s2)c(OCC2CO2)c1.O=CO[O-].[H-].[K+].[K+]. The zero-order valence-electron chi connectivity index (χ0n) is 42.0. The van der Waals surface area contributed by atoms with Gasteiger partial charge in [-0.05, 0) is 98.5 Å². The van der Waals surface area contributed by atoms with Crippen molar-refractivity contribution >= 4 is 93.3 Å². The number of ether oxygens (including phenoxy) is 3. The van der Waals surface area contributed by atoms with E-state index in [-0.39, 0.29) is 117 Å². The van der Waals surface area contributed by atoms with Crippen molar-refractivity contribution in [2.24, 2.45) is 0 Å². The largest absolute Gasteiger partial charge is 1.00 e. The van der Waals surface area contributed by atoms with Crippen molar-refractivity contribution in [1.82, 2.24) is 0 Å². The van der Waals surface area contributed by atoms with Crippen molar-refractivity contribution in [1.29, 1.82) is 5.26 Å². The molecule has 1 N–H and O–H groups in total. The predicted molar refractivity (Wildman–Crippen MR) is 274 cm³/mol. The molecule has 362 valence electrons. The van der Waals surface area contributed by atoms with Gasteiger partial charge in [0.2, 0.25) is 0 Å². The van der Waals surface area contributed by atoms with E-state index in [1.807, 2.05) is 48.6 Å². The predicted octanol–water partition coefficient (Wildman–Crippen LogP) is 5.62. The molecule has 2 atom stereocenters. The topological polar surface area (TPSA) is 168 Å². The quantitative estimate of drug-likeness (QED) is 0.0218. The number of epoxide rings is 2. The molecule has 0 bridgehead atoms. The van der Waals surface area contributed by atoms with Crippen LogP contribution in [0.1, 0.15) is 128 Å². The Kier molecular flexibility index (Phi) is 41.1. The van der Waals surface area contributed by atoms with Crippen LogP contribution in [0.15, 0.2) is 60.7 Å². The molecule has 4 aromatic rings. The first-order valence-electron chi connectivity index (χ1n) is 22.6. The number of nitriles is 1. The number of phenols is 1. The molecule has 6 rings (SSSR count). The Labute approximate surface area is 507 Å². The molecule has 68 heavy (non-hydrogen) atoms. The molecule has 17 heteroatoms. The first-order chi connectivity index (χ1) is 32.2. The summed E-state index contributed by atoms with van der Waals surface area (Å²) in [5, 5.41) is 27.1. The molecule has 2 aliphatic rings. The number of rotatable bonds is 25. The average molecular weight is 1090 g/mol. The van der Waals surface area contributed by atoms with E-state index in [1.54, 1.807) is 12.1 Å². The number of anilines is 2. The van der Waals surface area contributed by atoms with Crippen LogP contribution in [0.4, 0.5) is 11.4 Å². The molecule has 0 radical (unpaired) electrons. The van der Waals surface area contributed by atoms with Crippen LogP contribution in [-0.4, -0.2) is 87.7 Å². The van der Waals surface area contributed by atoms with Crippen molar-refractivity contribution in [3.8, 4) is 17.6 Å². The monoisotopic (exact) mass is 1090 g/mol. The Hall–Kier alpha value is -1.55. The molecule has 12 nitrogen and oxygen atoms in total. The van der Waals surface area contributed by atoms with E-state index in [0.29, 0.717) is 23.3 Å². The number of hydrogen-bond donors (Lipinski definition) is 1. The molecule has 2 saturated heterocycles. The van der Waals surface area contributed by atoms with Gasteiger partial charge in [-0.3, -0.25) is 14.4 Å². The maximum atomic E-state index is 10.9. The van der Waals surface area contributed by atoms with Crippen LogP contribution in [0.25, 0.3) is 24.3 Å². The zero-order chi connectivity index (χ0) is 48.4. The minimum Gasteiger partial charge on any atom is -1.00 e. The fourth-order valence-corrected chi connectivity index (χ4v) is 7.71. The maximum absolute atomic E-state index is 10.9. The van der Waals surface area contributed by atoms with E-state index < -0.39 is 0 Å². The van der Waals surface area contributed by atoms with Gasteiger partial charge >= 0.3 is 103 Å². The standard InChI is InChI=1S/C24H31NO3S.C21H27NO2S.C3H5BrO.C2H3N.CH2O3.2K.H/c1-3-5-13-25(14-6-4-2)20-9-7-19(24(15-20)28-18-21-17-27-21)8-10-22-11-12-23(16-26)29-22;1-3-5-13-22(14-6-4-2)18-9-7-17(21(24)15-18)8-10-19-11-12-20(16-23)25-19;4-1-3-2-5-3;1-2-3;2-1-4-3;;;/h7-12,15-16,21H,3-6,13-14,17-18H2,1-2H3;7-12,15-16,24H,3-6,13-14H2,1-2H3;3H,1-2H2;1H3;1,3H;;;/q;;;;;2*+1;-1/p-1/b2*10-8+;;;;;;. The summed E-state index contributed by atoms with van der Waals surface area (Å²) in [6.45, 7) is 16.6. The van der Waals surface area contributed by atoms with E-state index in [0.717, 1.165) is 107 Å². The van der Waals surface area contributed by atoms with Crippen molar-refractivity contribution in [2.45, 2.75) is 98.2 Å². The third-order valence-electron chi connectivity index (χ3n) is 9.69. The summed E-state index contributed by atoms with van der Waals surface area (Å²) in [7, 11) is 0. The third-order valence-corrected chi connectivity index (χ3v) is 12.4. The molecule has 2 aliphatic heterocycles. The molecule has 0 spiro atoms. The number of thiophene rings is 2. The van der Waals surface area contributed by atoms with Crippen LogP contribution in [0, 0.1) is 11.3 Å². The average Bonchev–Trinajstić information content (AvgIpc) is 4.27. The molecule has 2 aromatic carbocycles. The molecule has 0 amide bonds. The Bertz CT molecular complexity index is 2060. The van der Waals surface area contributed by atoms with E-state index in [1.165, 1.54) is 73.8 Å². The van der Waals surface area contributed by atoms with Gasteiger partial charge in [0.1, 0.15) is 24.2 Å². The first kappa shape index (κ1) is 66.5. The molecular formula is C51H68BrK2N3O9S2. The smallest absolute Gasteiger partial charge is 1.00 e. The van der Waals surface area contributed by atoms with Gasteiger partial charge < -0.3 is 40.7 Å². The van der Waals surface area contributed by atoms with E-state index in [2.05, 4.69) is 88.7 Å². The number of aldehydes is 2. The number of nitrogens with zero attached hydrogens (tertiary/aromatic N) is 3. The van der Waals surface area contributed by atoms with Crippen molar-refractivity contribution in [3.63, 3.8) is 0 Å². The van der Waals surface area contributed by atoms with Gasteiger partial charge in [-0.15, -0.1) is 22.7 Å². The second kappa shape index (κ2) is 42.0. The number of halogens is 1. The second-order valence-corrected chi connectivity index (χ2v) is 18.0. The van der Waals surface area contributed by atoms with Crippen LogP contribution in [0.2, 0.25) is 0 Å². The van der Waals surface area contributed by atoms with Crippen LogP contribution in [-0.2, 0) is 19.2 Å². The summed E-state index contributed by atoms with van der Waals surface area (Å²) in [5.74, 6) is 1.18. The summed E-state index contributed by atoms with van der Waals surface area (Å²) in [6, 6.07) is 21.7. The van der Waals surface area contributed by atoms with Crippen molar-refractivity contribution in [2.75, 3.05) is 61.1 Å². The summed E-state index contributed by atoms with van der Waals surface area (Å²) in [6.07, 6.45) is 19.8. The van der Waals surface area contributed by atoms with Gasteiger partial charge in [0.15, 0.2) is 12.6 Å². The van der Waals surface area contributed by atoms with Crippen LogP contribution < -0.4 is 123 Å². The Balaban J connectivity index is 0. The summed E-state index contributed by atoms with van der Waals surface area (Å²) in [4.78, 5) is 41.2. The molecule has 2 unspecified atom stereocenters. The van der Waals surface area contributed by atoms with E-state index in [9.17, 15) is 14.7 Å². The molecular weight excluding hydrogens is 1020 g/mol. The fraction of sp³-hybridized carbons (Fsp3) is 0.451. The minimum absolute atomic E-state index is 0. The van der Waals surface area contributed by atoms with Gasteiger partial charge in [0, 0.05) is 82.8 Å². The zero-order valence-corrected chi connectivity index (χ0v) is 50.5. The number of unbranched alkanes of at least 4 members (excludes halogenated alkanes) is 4. The maximum Gasteiger partial charge on any atom is 1.00 e. The van der Waals surface area contributed by atoms with Gasteiger partial charge in [0.25, 0.3) is 6.47 Å². The van der Waals surface area contributed by atoms with Crippen LogP contribution >= 0.6 is 38.6 Å². The summed E-state index contributed by atoms with van der Waals surface area (Å²) >= 11 is 6.18. The fourth-order valence-electron chi connectivity index (χ4n) is 5.88. The van der Waals surface area contributed by atoms with Crippen molar-refractivity contribution in [3.05, 3.63) is 91.3 Å². The molecule has 2 aromatic heterocycles. The Morgan fingerprint density at radius 1 is 0.721 bits per heavy atom. The van der Waals surface area contributed by atoms with Gasteiger partial charge in [0.05, 0.1) is 35.1 Å². The molecule has 2 fully saturated rings. The molecule has 4 heterocycles. The Morgan fingerprint density at radius 3 is 1.46 bits per heavy atom. The number of phenolic OH excluding ortho intramolecular Hbond substituents is 1. The van der Waals surface area contributed by atoms with Crippen LogP contribution in [0.3, 0.4) is 0 Å². The molecule has 0 aliphatic carbocycles. The normalized spacial score (nSPS) is 13.7. The molecule has 0 saturated carbocycles.